The van der Waals surface area contributed by atoms with Gasteiger partial charge in [-0.2, -0.15) is 0 Å². The van der Waals surface area contributed by atoms with Gasteiger partial charge < -0.3 is 9.47 Å². The molecule has 0 aliphatic heterocycles. The fraction of sp³-hybridized carbons (Fsp3) is 0.500. The first-order valence-corrected chi connectivity index (χ1v) is 10.9. The Hall–Kier alpha value is -2.19. The molecule has 1 aliphatic rings. The minimum atomic E-state index is -3.56. The number of nitrogens with zero attached hydrogens (tertiary/aromatic N) is 2. The number of benzene rings is 1. The number of methoxy groups -OCH3 is 1. The molecule has 0 spiro atoms. The van der Waals surface area contributed by atoms with Gasteiger partial charge in [-0.1, -0.05) is 17.7 Å². The highest BCUT2D eigenvalue weighted by atomic mass is 32.2. The molecule has 0 atom stereocenters. The number of aromatic nitrogens is 2. The van der Waals surface area contributed by atoms with E-state index in [-0.39, 0.29) is 12.1 Å². The lowest BCUT2D eigenvalue weighted by Gasteiger charge is -2.29. The largest absolute Gasteiger partial charge is 0.477 e. The fourth-order valence-corrected chi connectivity index (χ4v) is 5.62. The summed E-state index contributed by atoms with van der Waals surface area (Å²) in [6.07, 6.45) is 5.95. The van der Waals surface area contributed by atoms with Crippen molar-refractivity contribution in [1.29, 1.82) is 0 Å². The van der Waals surface area contributed by atoms with Crippen LogP contribution in [0.2, 0.25) is 0 Å². The van der Waals surface area contributed by atoms with E-state index in [1.807, 2.05) is 32.9 Å². The van der Waals surface area contributed by atoms with Gasteiger partial charge in [0, 0.05) is 18.4 Å². The van der Waals surface area contributed by atoms with E-state index >= 15 is 0 Å². The van der Waals surface area contributed by atoms with Crippen molar-refractivity contribution >= 4 is 10.0 Å². The maximum atomic E-state index is 12.9. The van der Waals surface area contributed by atoms with Gasteiger partial charge in [0.1, 0.15) is 6.10 Å². The third-order valence-electron chi connectivity index (χ3n) is 4.97. The number of hydrogen-bond acceptors (Lipinski definition) is 6. The Morgan fingerprint density at radius 1 is 0.964 bits per heavy atom. The van der Waals surface area contributed by atoms with Crippen LogP contribution in [0.5, 0.6) is 11.8 Å². The van der Waals surface area contributed by atoms with E-state index in [0.29, 0.717) is 29.5 Å². The normalized spacial score (nSPS) is 20.0. The average Bonchev–Trinajstić information content (AvgIpc) is 2.62. The Kier molecular flexibility index (Phi) is 6.20. The van der Waals surface area contributed by atoms with Crippen molar-refractivity contribution in [2.24, 2.45) is 0 Å². The zero-order valence-electron chi connectivity index (χ0n) is 16.7. The molecule has 1 N–H and O–H groups in total. The summed E-state index contributed by atoms with van der Waals surface area (Å²) >= 11 is 0. The second kappa shape index (κ2) is 8.45. The van der Waals surface area contributed by atoms with Crippen LogP contribution in [0, 0.1) is 20.8 Å². The van der Waals surface area contributed by atoms with E-state index in [1.54, 1.807) is 12.4 Å². The number of ether oxygens (including phenoxy) is 2. The summed E-state index contributed by atoms with van der Waals surface area (Å²) in [6, 6.07) is 3.70. The molecule has 1 fully saturated rings. The summed E-state index contributed by atoms with van der Waals surface area (Å²) in [5, 5.41) is 0. The highest BCUT2D eigenvalue weighted by Crippen LogP contribution is 2.28. The first-order chi connectivity index (χ1) is 13.3. The van der Waals surface area contributed by atoms with Gasteiger partial charge in [0.2, 0.25) is 10.0 Å². The quantitative estimate of drug-likeness (QED) is 0.794. The summed E-state index contributed by atoms with van der Waals surface area (Å²) in [5.74, 6) is 0.732. The molecule has 0 amide bonds. The topological polar surface area (TPSA) is 90.4 Å². The minimum Gasteiger partial charge on any atom is -0.477 e. The van der Waals surface area contributed by atoms with Gasteiger partial charge in [-0.25, -0.2) is 23.1 Å². The summed E-state index contributed by atoms with van der Waals surface area (Å²) in [5.41, 5.74) is 2.61. The number of aryl methyl sites for hydroxylation is 3. The summed E-state index contributed by atoms with van der Waals surface area (Å²) in [4.78, 5) is 8.64. The van der Waals surface area contributed by atoms with Crippen molar-refractivity contribution in [2.45, 2.75) is 63.5 Å². The maximum Gasteiger partial charge on any atom is 0.278 e. The van der Waals surface area contributed by atoms with E-state index < -0.39 is 10.0 Å². The molecule has 8 heteroatoms. The van der Waals surface area contributed by atoms with E-state index in [0.717, 1.165) is 29.5 Å². The summed E-state index contributed by atoms with van der Waals surface area (Å²) in [6.45, 7) is 5.65. The van der Waals surface area contributed by atoms with Crippen LogP contribution < -0.4 is 14.2 Å². The smallest absolute Gasteiger partial charge is 0.278 e. The van der Waals surface area contributed by atoms with Gasteiger partial charge in [-0.15, -0.1) is 0 Å². The molecule has 152 valence electrons. The molecule has 1 aromatic carbocycles. The van der Waals surface area contributed by atoms with Crippen LogP contribution in [0.1, 0.15) is 42.4 Å². The van der Waals surface area contributed by atoms with Crippen LogP contribution in [0.25, 0.3) is 0 Å². The number of sulfonamides is 1. The SMILES string of the molecule is COc1nccnc1OC1CCC(NS(=O)(=O)c2c(C)cc(C)cc2C)CC1. The van der Waals surface area contributed by atoms with Gasteiger partial charge in [-0.3, -0.25) is 0 Å². The number of rotatable bonds is 6. The van der Waals surface area contributed by atoms with Gasteiger partial charge in [-0.05, 0) is 57.6 Å². The highest BCUT2D eigenvalue weighted by Gasteiger charge is 2.29. The Labute approximate surface area is 166 Å². The van der Waals surface area contributed by atoms with Gasteiger partial charge in [0.05, 0.1) is 12.0 Å². The average molecular weight is 406 g/mol. The second-order valence-corrected chi connectivity index (χ2v) is 8.96. The maximum absolute atomic E-state index is 12.9. The molecule has 2 aromatic rings. The molecule has 7 nitrogen and oxygen atoms in total. The molecule has 1 aromatic heterocycles. The lowest BCUT2D eigenvalue weighted by atomic mass is 9.94. The van der Waals surface area contributed by atoms with Crippen LogP contribution in [-0.2, 0) is 10.0 Å². The lowest BCUT2D eigenvalue weighted by molar-refractivity contribution is 0.132. The van der Waals surface area contributed by atoms with Crippen LogP contribution in [-0.4, -0.2) is 37.6 Å². The molecule has 0 bridgehead atoms. The minimum absolute atomic E-state index is 0.0331. The van der Waals surface area contributed by atoms with Crippen molar-refractivity contribution < 1.29 is 17.9 Å². The Bertz CT molecular complexity index is 915. The number of hydrogen-bond donors (Lipinski definition) is 1. The molecule has 28 heavy (non-hydrogen) atoms. The van der Waals surface area contributed by atoms with Crippen LogP contribution in [0.15, 0.2) is 29.4 Å². The summed E-state index contributed by atoms with van der Waals surface area (Å²) < 4.78 is 39.8. The molecule has 3 rings (SSSR count). The molecule has 0 saturated heterocycles. The fourth-order valence-electron chi connectivity index (χ4n) is 3.86. The van der Waals surface area contributed by atoms with Gasteiger partial charge >= 0.3 is 0 Å². The molecule has 1 saturated carbocycles. The second-order valence-electron chi connectivity index (χ2n) is 7.31. The highest BCUT2D eigenvalue weighted by molar-refractivity contribution is 7.89. The molecule has 1 heterocycles. The molecular weight excluding hydrogens is 378 g/mol. The molecule has 1 aliphatic carbocycles. The van der Waals surface area contributed by atoms with Crippen molar-refractivity contribution in [3.05, 3.63) is 41.2 Å². The van der Waals surface area contributed by atoms with Crippen molar-refractivity contribution in [3.8, 4) is 11.8 Å². The standard InChI is InChI=1S/C20H27N3O4S/c1-13-11-14(2)18(15(3)12-13)28(24,25)23-16-5-7-17(8-6-16)27-20-19(26-4)21-9-10-22-20/h9-12,16-17,23H,5-8H2,1-4H3. The monoisotopic (exact) mass is 405 g/mol. The molecular formula is C20H27N3O4S. The van der Waals surface area contributed by atoms with Crippen molar-refractivity contribution in [2.75, 3.05) is 7.11 Å². The van der Waals surface area contributed by atoms with E-state index in [2.05, 4.69) is 14.7 Å². The first-order valence-electron chi connectivity index (χ1n) is 9.42. The zero-order valence-corrected chi connectivity index (χ0v) is 17.5. The van der Waals surface area contributed by atoms with Crippen LogP contribution in [0.3, 0.4) is 0 Å². The van der Waals surface area contributed by atoms with Gasteiger partial charge in [0.15, 0.2) is 0 Å². The third-order valence-corrected chi connectivity index (χ3v) is 6.80. The van der Waals surface area contributed by atoms with Gasteiger partial charge in [0.25, 0.3) is 11.8 Å². The third kappa shape index (κ3) is 4.62. The van der Waals surface area contributed by atoms with E-state index in [9.17, 15) is 8.42 Å². The Morgan fingerprint density at radius 3 is 2.11 bits per heavy atom. The Morgan fingerprint density at radius 2 is 1.54 bits per heavy atom. The van der Waals surface area contributed by atoms with E-state index in [1.165, 1.54) is 7.11 Å². The predicted octanol–water partition coefficient (Wildman–Crippen LogP) is 3.08. The molecule has 0 unspecified atom stereocenters. The van der Waals surface area contributed by atoms with Crippen LogP contribution >= 0.6 is 0 Å². The Balaban J connectivity index is 1.63. The zero-order chi connectivity index (χ0) is 20.3. The van der Waals surface area contributed by atoms with Crippen LogP contribution in [0.4, 0.5) is 0 Å². The van der Waals surface area contributed by atoms with Crippen molar-refractivity contribution in [1.82, 2.24) is 14.7 Å². The summed E-state index contributed by atoms with van der Waals surface area (Å²) in [7, 11) is -2.03. The molecule has 0 radical (unpaired) electrons. The predicted molar refractivity (Wildman–Crippen MR) is 106 cm³/mol. The number of nitrogens with one attached hydrogen (secondary N) is 1. The van der Waals surface area contributed by atoms with E-state index in [4.69, 9.17) is 9.47 Å². The van der Waals surface area contributed by atoms with Crippen molar-refractivity contribution in [3.63, 3.8) is 0 Å². The lowest BCUT2D eigenvalue weighted by Crippen LogP contribution is -2.40. The first kappa shape index (κ1) is 20.5.